The van der Waals surface area contributed by atoms with Crippen molar-refractivity contribution in [2.45, 2.75) is 12.3 Å². The number of hydrogen-bond donors (Lipinski definition) is 0. The molecule has 2 aliphatic heterocycles. The summed E-state index contributed by atoms with van der Waals surface area (Å²) in [5.41, 5.74) is 2.30. The number of likely N-dealkylation sites (N-methyl/N-ethyl adjacent to an activating group) is 1. The van der Waals surface area contributed by atoms with Crippen molar-refractivity contribution in [2.75, 3.05) is 45.5 Å². The molecule has 23 heavy (non-hydrogen) atoms. The van der Waals surface area contributed by atoms with Gasteiger partial charge >= 0.3 is 0 Å². The monoisotopic (exact) mass is 333 g/mol. The molecule has 0 aliphatic carbocycles. The standard InChI is InChI=1S/C17H23N3O2S/c1-13-5-3-4-6-14(13)17-20(16(22)12-23-17)11-15(21)19-9-7-18(2)8-10-19/h3-6,17H,7-12H2,1-2H3/t17-/m1/s1. The molecule has 1 atom stereocenters. The summed E-state index contributed by atoms with van der Waals surface area (Å²) in [7, 11) is 2.07. The number of rotatable bonds is 3. The highest BCUT2D eigenvalue weighted by Gasteiger charge is 2.35. The van der Waals surface area contributed by atoms with Gasteiger partial charge in [0, 0.05) is 26.2 Å². The summed E-state index contributed by atoms with van der Waals surface area (Å²) in [6, 6.07) is 8.10. The molecule has 2 fully saturated rings. The Hall–Kier alpha value is -1.53. The van der Waals surface area contributed by atoms with Gasteiger partial charge in [-0.25, -0.2) is 0 Å². The van der Waals surface area contributed by atoms with E-state index in [1.165, 1.54) is 0 Å². The number of carbonyl (C=O) groups excluding carboxylic acids is 2. The molecule has 1 aromatic rings. The van der Waals surface area contributed by atoms with Gasteiger partial charge in [0.1, 0.15) is 11.9 Å². The number of nitrogens with zero attached hydrogens (tertiary/aromatic N) is 3. The van der Waals surface area contributed by atoms with Crippen LogP contribution in [0, 0.1) is 6.92 Å². The molecule has 2 aliphatic rings. The van der Waals surface area contributed by atoms with Crippen molar-refractivity contribution in [3.05, 3.63) is 35.4 Å². The molecule has 2 heterocycles. The molecule has 0 saturated carbocycles. The Bertz CT molecular complexity index is 599. The topological polar surface area (TPSA) is 43.9 Å². The maximum absolute atomic E-state index is 12.6. The molecule has 2 saturated heterocycles. The van der Waals surface area contributed by atoms with E-state index in [2.05, 4.69) is 31.0 Å². The molecule has 0 bridgehead atoms. The van der Waals surface area contributed by atoms with E-state index in [4.69, 9.17) is 0 Å². The predicted octanol–water partition coefficient (Wildman–Crippen LogP) is 1.34. The third-order valence-corrected chi connectivity index (χ3v) is 5.82. The molecule has 5 nitrogen and oxygen atoms in total. The zero-order valence-corrected chi connectivity index (χ0v) is 14.5. The largest absolute Gasteiger partial charge is 0.339 e. The Kier molecular flexibility index (Phi) is 4.92. The number of amides is 2. The van der Waals surface area contributed by atoms with Crippen LogP contribution in [0.15, 0.2) is 24.3 Å². The zero-order valence-electron chi connectivity index (χ0n) is 13.7. The first kappa shape index (κ1) is 16.3. The van der Waals surface area contributed by atoms with Crippen LogP contribution >= 0.6 is 11.8 Å². The van der Waals surface area contributed by atoms with E-state index in [1.54, 1.807) is 16.7 Å². The van der Waals surface area contributed by atoms with E-state index in [1.807, 2.05) is 17.0 Å². The molecule has 0 aromatic heterocycles. The highest BCUT2D eigenvalue weighted by Crippen LogP contribution is 2.39. The maximum atomic E-state index is 12.6. The van der Waals surface area contributed by atoms with Crippen LogP contribution in [-0.2, 0) is 9.59 Å². The van der Waals surface area contributed by atoms with E-state index >= 15 is 0 Å². The van der Waals surface area contributed by atoms with Crippen molar-refractivity contribution < 1.29 is 9.59 Å². The van der Waals surface area contributed by atoms with Gasteiger partial charge in [0.05, 0.1) is 5.75 Å². The number of hydrogen-bond acceptors (Lipinski definition) is 4. The fourth-order valence-corrected chi connectivity index (χ4v) is 4.33. The van der Waals surface area contributed by atoms with Gasteiger partial charge in [-0.15, -0.1) is 11.8 Å². The molecule has 1 aromatic carbocycles. The van der Waals surface area contributed by atoms with Gasteiger partial charge in [0.25, 0.3) is 0 Å². The van der Waals surface area contributed by atoms with E-state index in [0.29, 0.717) is 5.75 Å². The fourth-order valence-electron chi connectivity index (χ4n) is 3.05. The molecule has 2 amide bonds. The first-order valence-corrected chi connectivity index (χ1v) is 9.04. The van der Waals surface area contributed by atoms with Gasteiger partial charge in [0.2, 0.25) is 11.8 Å². The minimum atomic E-state index is -0.0416. The third-order valence-electron chi connectivity index (χ3n) is 4.58. The summed E-state index contributed by atoms with van der Waals surface area (Å²) in [6.07, 6.45) is 0. The Morgan fingerprint density at radius 3 is 2.61 bits per heavy atom. The molecular formula is C17H23N3O2S. The highest BCUT2D eigenvalue weighted by molar-refractivity contribution is 8.00. The van der Waals surface area contributed by atoms with Crippen molar-refractivity contribution in [3.63, 3.8) is 0 Å². The van der Waals surface area contributed by atoms with Crippen molar-refractivity contribution in [3.8, 4) is 0 Å². The fraction of sp³-hybridized carbons (Fsp3) is 0.529. The van der Waals surface area contributed by atoms with Crippen molar-refractivity contribution in [1.82, 2.24) is 14.7 Å². The summed E-state index contributed by atoms with van der Waals surface area (Å²) in [4.78, 5) is 30.7. The van der Waals surface area contributed by atoms with Crippen molar-refractivity contribution in [2.24, 2.45) is 0 Å². The van der Waals surface area contributed by atoms with Crippen LogP contribution in [0.4, 0.5) is 0 Å². The van der Waals surface area contributed by atoms with Crippen LogP contribution in [0.2, 0.25) is 0 Å². The second kappa shape index (κ2) is 6.93. The minimum absolute atomic E-state index is 0.0416. The molecule has 124 valence electrons. The van der Waals surface area contributed by atoms with Crippen LogP contribution in [0.25, 0.3) is 0 Å². The predicted molar refractivity (Wildman–Crippen MR) is 92.2 cm³/mol. The van der Waals surface area contributed by atoms with Gasteiger partial charge in [-0.05, 0) is 25.1 Å². The van der Waals surface area contributed by atoms with Gasteiger partial charge in [-0.3, -0.25) is 9.59 Å². The molecule has 0 spiro atoms. The average molecular weight is 333 g/mol. The van der Waals surface area contributed by atoms with Gasteiger partial charge in [0.15, 0.2) is 0 Å². The zero-order chi connectivity index (χ0) is 16.4. The molecule has 0 N–H and O–H groups in total. The van der Waals surface area contributed by atoms with E-state index in [-0.39, 0.29) is 23.7 Å². The Morgan fingerprint density at radius 2 is 1.91 bits per heavy atom. The first-order chi connectivity index (χ1) is 11.1. The second-order valence-corrected chi connectivity index (χ2v) is 7.29. The van der Waals surface area contributed by atoms with Crippen LogP contribution in [-0.4, -0.2) is 72.0 Å². The lowest BCUT2D eigenvalue weighted by Crippen LogP contribution is -2.50. The molecule has 3 rings (SSSR count). The third kappa shape index (κ3) is 3.53. The van der Waals surface area contributed by atoms with E-state index < -0.39 is 0 Å². The Morgan fingerprint density at radius 1 is 1.22 bits per heavy atom. The summed E-state index contributed by atoms with van der Waals surface area (Å²) in [6.45, 7) is 5.54. The smallest absolute Gasteiger partial charge is 0.242 e. The highest BCUT2D eigenvalue weighted by atomic mass is 32.2. The van der Waals surface area contributed by atoms with Gasteiger partial charge in [-0.2, -0.15) is 0 Å². The summed E-state index contributed by atoms with van der Waals surface area (Å²) in [5, 5.41) is -0.0416. The van der Waals surface area contributed by atoms with E-state index in [0.717, 1.165) is 37.3 Å². The number of benzene rings is 1. The lowest BCUT2D eigenvalue weighted by Gasteiger charge is -2.34. The van der Waals surface area contributed by atoms with Crippen LogP contribution in [0.3, 0.4) is 0 Å². The molecule has 6 heteroatoms. The normalized spacial score (nSPS) is 22.7. The SMILES string of the molecule is Cc1ccccc1[C@H]1SCC(=O)N1CC(=O)N1CCN(C)CC1. The Balaban J connectivity index is 1.71. The molecular weight excluding hydrogens is 310 g/mol. The average Bonchev–Trinajstić information content (AvgIpc) is 2.89. The summed E-state index contributed by atoms with van der Waals surface area (Å²) >= 11 is 1.61. The molecule has 0 unspecified atom stereocenters. The van der Waals surface area contributed by atoms with Gasteiger partial charge < -0.3 is 14.7 Å². The summed E-state index contributed by atoms with van der Waals surface area (Å²) < 4.78 is 0. The van der Waals surface area contributed by atoms with Crippen LogP contribution in [0.5, 0.6) is 0 Å². The number of carbonyl (C=O) groups is 2. The number of aryl methyl sites for hydroxylation is 1. The quantitative estimate of drug-likeness (QED) is 0.837. The number of thioether (sulfide) groups is 1. The lowest BCUT2D eigenvalue weighted by atomic mass is 10.1. The number of piperazine rings is 1. The van der Waals surface area contributed by atoms with Gasteiger partial charge in [-0.1, -0.05) is 24.3 Å². The minimum Gasteiger partial charge on any atom is -0.339 e. The first-order valence-electron chi connectivity index (χ1n) is 7.99. The summed E-state index contributed by atoms with van der Waals surface area (Å²) in [5.74, 6) is 0.577. The maximum Gasteiger partial charge on any atom is 0.242 e. The van der Waals surface area contributed by atoms with Crippen LogP contribution in [0.1, 0.15) is 16.5 Å². The second-order valence-electron chi connectivity index (χ2n) is 6.23. The van der Waals surface area contributed by atoms with Crippen molar-refractivity contribution >= 4 is 23.6 Å². The van der Waals surface area contributed by atoms with Crippen molar-refractivity contribution in [1.29, 1.82) is 0 Å². The van der Waals surface area contributed by atoms with Crippen LogP contribution < -0.4 is 0 Å². The Labute approximate surface area is 141 Å². The molecule has 0 radical (unpaired) electrons. The lowest BCUT2D eigenvalue weighted by molar-refractivity contribution is -0.140. The van der Waals surface area contributed by atoms with E-state index in [9.17, 15) is 9.59 Å².